The summed E-state index contributed by atoms with van der Waals surface area (Å²) >= 11 is 0. The highest BCUT2D eigenvalue weighted by Crippen LogP contribution is 2.57. The van der Waals surface area contributed by atoms with Crippen LogP contribution in [0.2, 0.25) is 0 Å². The van der Waals surface area contributed by atoms with Gasteiger partial charge < -0.3 is 26.1 Å². The van der Waals surface area contributed by atoms with Crippen LogP contribution < -0.4 is 16.4 Å². The zero-order valence-corrected chi connectivity index (χ0v) is 24.2. The summed E-state index contributed by atoms with van der Waals surface area (Å²) in [5.74, 6) is -3.39. The Morgan fingerprint density at radius 3 is 2.50 bits per heavy atom. The highest BCUT2D eigenvalue weighted by Gasteiger charge is 2.57. The maximum Gasteiger partial charge on any atom is 0.306 e. The number of esters is 1. The van der Waals surface area contributed by atoms with Gasteiger partial charge in [-0.25, -0.2) is 8.78 Å². The van der Waals surface area contributed by atoms with Crippen LogP contribution in [0.15, 0.2) is 42.6 Å². The molecule has 2 heterocycles. The summed E-state index contributed by atoms with van der Waals surface area (Å²) in [5, 5.41) is 6.82. The number of Topliss-reactive ketones (excluding diaryl/α,β-unsaturated/α-hetero) is 1. The van der Waals surface area contributed by atoms with E-state index in [0.29, 0.717) is 42.4 Å². The fourth-order valence-corrected chi connectivity index (χ4v) is 6.89. The zero-order valence-electron chi connectivity index (χ0n) is 24.2. The van der Waals surface area contributed by atoms with Crippen LogP contribution in [0.1, 0.15) is 62.6 Å². The van der Waals surface area contributed by atoms with Crippen molar-refractivity contribution in [3.8, 4) is 0 Å². The van der Waals surface area contributed by atoms with Gasteiger partial charge in [0.05, 0.1) is 24.6 Å². The zero-order chi connectivity index (χ0) is 30.2. The number of carbonyl (C=O) groups is 3. The Balaban J connectivity index is 1.62. The van der Waals surface area contributed by atoms with Crippen LogP contribution in [0.5, 0.6) is 0 Å². The van der Waals surface area contributed by atoms with Crippen molar-refractivity contribution in [2.24, 2.45) is 11.7 Å². The van der Waals surface area contributed by atoms with Gasteiger partial charge in [0.15, 0.2) is 5.78 Å². The molecule has 1 aliphatic carbocycles. The maximum atomic E-state index is 14.9. The highest BCUT2D eigenvalue weighted by molar-refractivity contribution is 5.96. The third kappa shape index (κ3) is 5.57. The monoisotopic (exact) mass is 580 g/mol. The molecule has 1 aliphatic heterocycles. The second-order valence-corrected chi connectivity index (χ2v) is 12.1. The average molecular weight is 581 g/mol. The number of nitrogens with one attached hydrogen (secondary N) is 3. The van der Waals surface area contributed by atoms with Crippen molar-refractivity contribution in [1.29, 1.82) is 0 Å². The molecule has 5 rings (SSSR count). The van der Waals surface area contributed by atoms with E-state index in [9.17, 15) is 23.2 Å². The molecule has 5 N–H and O–H groups in total. The van der Waals surface area contributed by atoms with E-state index in [1.807, 2.05) is 0 Å². The van der Waals surface area contributed by atoms with Crippen molar-refractivity contribution < 1.29 is 27.9 Å². The standard InChI is InChI=1S/C32H38F2N4O4/c1-4-42-27(39)16-23-21-7-5-20(34)15-24(21)32(9-11-36-12-10-32)28(23)29(40)26(38-30(41)31(2,3)35)13-18-17-37-25-8-6-19(33)14-22(18)25/h5-8,14-15,17,23,26,28,36-37H,4,9-13,16,35H2,1-3H3,(H,38,41)/t23?,26-,28+/m1/s1. The van der Waals surface area contributed by atoms with Crippen LogP contribution in [-0.4, -0.2) is 53.9 Å². The number of hydrogen-bond donors (Lipinski definition) is 4. The first-order chi connectivity index (χ1) is 19.9. The van der Waals surface area contributed by atoms with E-state index in [4.69, 9.17) is 10.5 Å². The quantitative estimate of drug-likeness (QED) is 0.286. The number of H-pyrrole nitrogens is 1. The molecule has 0 radical (unpaired) electrons. The Morgan fingerprint density at radius 1 is 1.12 bits per heavy atom. The van der Waals surface area contributed by atoms with Crippen LogP contribution in [0.25, 0.3) is 10.9 Å². The third-order valence-electron chi connectivity index (χ3n) is 8.83. The molecular formula is C32H38F2N4O4. The van der Waals surface area contributed by atoms with Gasteiger partial charge in [-0.3, -0.25) is 14.4 Å². The van der Waals surface area contributed by atoms with Gasteiger partial charge in [0.2, 0.25) is 5.91 Å². The van der Waals surface area contributed by atoms with E-state index in [0.717, 1.165) is 11.1 Å². The highest BCUT2D eigenvalue weighted by atomic mass is 19.1. The minimum Gasteiger partial charge on any atom is -0.466 e. The van der Waals surface area contributed by atoms with Crippen LogP contribution in [0.4, 0.5) is 8.78 Å². The molecule has 8 nitrogen and oxygen atoms in total. The largest absolute Gasteiger partial charge is 0.466 e. The Morgan fingerprint density at radius 2 is 1.81 bits per heavy atom. The van der Waals surface area contributed by atoms with E-state index < -0.39 is 52.3 Å². The molecule has 3 aromatic rings. The molecule has 0 saturated carbocycles. The molecule has 1 spiro atoms. The number of ketones is 1. The number of piperidine rings is 1. The smallest absolute Gasteiger partial charge is 0.306 e. The second-order valence-electron chi connectivity index (χ2n) is 12.1. The lowest BCUT2D eigenvalue weighted by Gasteiger charge is -2.42. The van der Waals surface area contributed by atoms with Crippen molar-refractivity contribution in [3.05, 3.63) is 70.9 Å². The summed E-state index contributed by atoms with van der Waals surface area (Å²) in [6, 6.07) is 7.84. The van der Waals surface area contributed by atoms with E-state index in [1.54, 1.807) is 39.1 Å². The number of hydrogen-bond acceptors (Lipinski definition) is 6. The van der Waals surface area contributed by atoms with Gasteiger partial charge in [0, 0.05) is 40.8 Å². The van der Waals surface area contributed by atoms with Crippen molar-refractivity contribution in [1.82, 2.24) is 15.6 Å². The molecule has 1 aromatic heterocycles. The molecule has 0 bridgehead atoms. The van der Waals surface area contributed by atoms with Crippen LogP contribution >= 0.6 is 0 Å². The summed E-state index contributed by atoms with van der Waals surface area (Å²) in [6.07, 6.45) is 2.84. The number of nitrogens with two attached hydrogens (primary N) is 1. The Kier molecular flexibility index (Phi) is 8.22. The Labute approximate surface area is 243 Å². The molecule has 1 saturated heterocycles. The van der Waals surface area contributed by atoms with Crippen LogP contribution in [0, 0.1) is 17.6 Å². The van der Waals surface area contributed by atoms with Gasteiger partial charge >= 0.3 is 5.97 Å². The van der Waals surface area contributed by atoms with E-state index >= 15 is 0 Å². The van der Waals surface area contributed by atoms with E-state index in [2.05, 4.69) is 15.6 Å². The van der Waals surface area contributed by atoms with Gasteiger partial charge in [-0.15, -0.1) is 0 Å². The summed E-state index contributed by atoms with van der Waals surface area (Å²) in [7, 11) is 0. The first-order valence-corrected chi connectivity index (χ1v) is 14.5. The lowest BCUT2D eigenvalue weighted by atomic mass is 9.64. The van der Waals surface area contributed by atoms with Crippen molar-refractivity contribution in [2.45, 2.75) is 69.4 Å². The van der Waals surface area contributed by atoms with Crippen LogP contribution in [-0.2, 0) is 31.0 Å². The molecule has 42 heavy (non-hydrogen) atoms. The van der Waals surface area contributed by atoms with Crippen molar-refractivity contribution in [2.75, 3.05) is 19.7 Å². The second kappa shape index (κ2) is 11.6. The summed E-state index contributed by atoms with van der Waals surface area (Å²) < 4.78 is 34.2. The van der Waals surface area contributed by atoms with Crippen LogP contribution in [0.3, 0.4) is 0 Å². The number of carbonyl (C=O) groups excluding carboxylic acids is 3. The molecule has 2 aromatic carbocycles. The number of fused-ring (bicyclic) bond motifs is 3. The fraction of sp³-hybridized carbons (Fsp3) is 0.469. The number of halogens is 2. The lowest BCUT2D eigenvalue weighted by molar-refractivity contribution is -0.144. The van der Waals surface area contributed by atoms with Gasteiger partial charge in [0.25, 0.3) is 0 Å². The maximum absolute atomic E-state index is 14.9. The Hall–Kier alpha value is -3.63. The number of rotatable bonds is 9. The Bertz CT molecular complexity index is 1510. The molecule has 1 fully saturated rings. The lowest BCUT2D eigenvalue weighted by Crippen LogP contribution is -2.57. The molecular weight excluding hydrogens is 542 g/mol. The van der Waals surface area contributed by atoms with Gasteiger partial charge in [-0.1, -0.05) is 6.07 Å². The minimum absolute atomic E-state index is 0.0561. The molecule has 10 heteroatoms. The number of benzene rings is 2. The molecule has 1 unspecified atom stereocenters. The third-order valence-corrected chi connectivity index (χ3v) is 8.83. The summed E-state index contributed by atoms with van der Waals surface area (Å²) in [5.41, 5.74) is 6.94. The predicted octanol–water partition coefficient (Wildman–Crippen LogP) is 3.77. The molecule has 1 amide bonds. The molecule has 2 aliphatic rings. The minimum atomic E-state index is -1.27. The fourth-order valence-electron chi connectivity index (χ4n) is 6.89. The average Bonchev–Trinajstić information content (AvgIpc) is 3.43. The van der Waals surface area contributed by atoms with Crippen molar-refractivity contribution in [3.63, 3.8) is 0 Å². The van der Waals surface area contributed by atoms with Gasteiger partial charge in [-0.2, -0.15) is 0 Å². The summed E-state index contributed by atoms with van der Waals surface area (Å²) in [6.45, 7) is 6.24. The number of ether oxygens (including phenoxy) is 1. The number of aromatic nitrogens is 1. The van der Waals surface area contributed by atoms with Crippen molar-refractivity contribution >= 4 is 28.6 Å². The predicted molar refractivity (Wildman–Crippen MR) is 155 cm³/mol. The number of amides is 1. The van der Waals surface area contributed by atoms with Gasteiger partial charge in [-0.05, 0) is 93.7 Å². The van der Waals surface area contributed by atoms with E-state index in [1.165, 1.54) is 24.3 Å². The first-order valence-electron chi connectivity index (χ1n) is 14.5. The van der Waals surface area contributed by atoms with Gasteiger partial charge in [0.1, 0.15) is 11.6 Å². The molecule has 3 atom stereocenters. The number of aromatic amines is 1. The van der Waals surface area contributed by atoms with E-state index in [-0.39, 0.29) is 25.2 Å². The topological polar surface area (TPSA) is 126 Å². The SMILES string of the molecule is CCOC(=O)CC1c2ccc(F)cc2C2(CCNCC2)[C@@H]1C(=O)[C@@H](Cc1c[nH]c2ccc(F)cc12)NC(=O)C(C)(C)N. The molecule has 224 valence electrons. The first kappa shape index (κ1) is 29.8. The summed E-state index contributed by atoms with van der Waals surface area (Å²) in [4.78, 5) is 44.1. The normalized spacial score (nSPS) is 20.3.